The quantitative estimate of drug-likeness (QED) is 0.872. The lowest BCUT2D eigenvalue weighted by atomic mass is 10.1. The van der Waals surface area contributed by atoms with E-state index in [0.717, 1.165) is 0 Å². The van der Waals surface area contributed by atoms with E-state index >= 15 is 0 Å². The summed E-state index contributed by atoms with van der Waals surface area (Å²) >= 11 is 0. The molecule has 1 N–H and O–H groups in total. The lowest BCUT2D eigenvalue weighted by molar-refractivity contribution is 0.0952. The van der Waals surface area contributed by atoms with Crippen LogP contribution in [0.4, 0.5) is 0 Å². The number of aromatic nitrogens is 2. The van der Waals surface area contributed by atoms with Crippen LogP contribution in [0.3, 0.4) is 0 Å². The van der Waals surface area contributed by atoms with Crippen LogP contribution in [-0.4, -0.2) is 22.0 Å². The fourth-order valence-electron chi connectivity index (χ4n) is 1.52. The van der Waals surface area contributed by atoms with Gasteiger partial charge in [-0.2, -0.15) is 5.26 Å². The summed E-state index contributed by atoms with van der Waals surface area (Å²) in [5, 5.41) is 11.5. The molecule has 1 amide bonds. The number of carbonyl (C=O) groups is 1. The molecule has 2 rings (SSSR count). The van der Waals surface area contributed by atoms with E-state index in [1.54, 1.807) is 36.8 Å². The van der Waals surface area contributed by atoms with Gasteiger partial charge in [0.1, 0.15) is 0 Å². The molecular weight excluding hydrogens is 228 g/mol. The Hall–Kier alpha value is -2.61. The number of nitrogens with zero attached hydrogens (tertiary/aromatic N) is 3. The highest BCUT2D eigenvalue weighted by molar-refractivity contribution is 5.94. The molecule has 5 heteroatoms. The van der Waals surface area contributed by atoms with E-state index in [4.69, 9.17) is 5.26 Å². The zero-order chi connectivity index (χ0) is 12.8. The van der Waals surface area contributed by atoms with E-state index in [2.05, 4.69) is 10.3 Å². The van der Waals surface area contributed by atoms with Gasteiger partial charge in [0, 0.05) is 31.0 Å². The fourth-order valence-corrected chi connectivity index (χ4v) is 1.52. The molecule has 18 heavy (non-hydrogen) atoms. The van der Waals surface area contributed by atoms with Crippen molar-refractivity contribution in [2.45, 2.75) is 6.54 Å². The summed E-state index contributed by atoms with van der Waals surface area (Å²) in [5.74, 6) is -0.139. The molecule has 0 bridgehead atoms. The van der Waals surface area contributed by atoms with Crippen LogP contribution in [0.25, 0.3) is 0 Å². The molecule has 1 aromatic carbocycles. The number of hydrogen-bond donors (Lipinski definition) is 1. The highest BCUT2D eigenvalue weighted by Crippen LogP contribution is 2.02. The van der Waals surface area contributed by atoms with E-state index in [9.17, 15) is 4.79 Å². The SMILES string of the molecule is N#Cc1ccc(C(=O)NCCn2ccnc2)cc1. The first-order valence-electron chi connectivity index (χ1n) is 5.54. The third-order valence-corrected chi connectivity index (χ3v) is 2.49. The second kappa shape index (κ2) is 5.64. The van der Waals surface area contributed by atoms with E-state index < -0.39 is 0 Å². The Balaban J connectivity index is 1.86. The van der Waals surface area contributed by atoms with Crippen molar-refractivity contribution in [3.8, 4) is 6.07 Å². The Bertz CT molecular complexity index is 552. The molecule has 1 aromatic heterocycles. The monoisotopic (exact) mass is 240 g/mol. The molecule has 0 fully saturated rings. The van der Waals surface area contributed by atoms with E-state index in [1.165, 1.54) is 0 Å². The average molecular weight is 240 g/mol. The number of hydrogen-bond acceptors (Lipinski definition) is 3. The van der Waals surface area contributed by atoms with Crippen molar-refractivity contribution in [3.05, 3.63) is 54.1 Å². The van der Waals surface area contributed by atoms with Crippen molar-refractivity contribution in [3.63, 3.8) is 0 Å². The van der Waals surface area contributed by atoms with Gasteiger partial charge in [0.25, 0.3) is 5.91 Å². The van der Waals surface area contributed by atoms with Crippen molar-refractivity contribution >= 4 is 5.91 Å². The molecule has 0 aliphatic heterocycles. The Morgan fingerprint density at radius 2 is 2.17 bits per heavy atom. The molecule has 5 nitrogen and oxygen atoms in total. The molecule has 2 aromatic rings. The van der Waals surface area contributed by atoms with Crippen LogP contribution in [0, 0.1) is 11.3 Å². The van der Waals surface area contributed by atoms with E-state index in [1.807, 2.05) is 16.8 Å². The van der Waals surface area contributed by atoms with Crippen molar-refractivity contribution < 1.29 is 4.79 Å². The minimum atomic E-state index is -0.139. The highest BCUT2D eigenvalue weighted by Gasteiger charge is 2.04. The summed E-state index contributed by atoms with van der Waals surface area (Å²) in [6.07, 6.45) is 5.24. The second-order valence-corrected chi connectivity index (χ2v) is 3.75. The summed E-state index contributed by atoms with van der Waals surface area (Å²) in [4.78, 5) is 15.7. The van der Waals surface area contributed by atoms with Gasteiger partial charge in [-0.3, -0.25) is 4.79 Å². The third kappa shape index (κ3) is 2.95. The largest absolute Gasteiger partial charge is 0.350 e. The van der Waals surface area contributed by atoms with Gasteiger partial charge in [0.05, 0.1) is 18.0 Å². The zero-order valence-electron chi connectivity index (χ0n) is 9.71. The number of carbonyl (C=O) groups excluding carboxylic acids is 1. The molecule has 0 spiro atoms. The van der Waals surface area contributed by atoms with Crippen molar-refractivity contribution in [1.29, 1.82) is 5.26 Å². The molecule has 0 aliphatic carbocycles. The van der Waals surface area contributed by atoms with Gasteiger partial charge >= 0.3 is 0 Å². The average Bonchev–Trinajstić information content (AvgIpc) is 2.92. The van der Waals surface area contributed by atoms with Crippen LogP contribution in [-0.2, 0) is 6.54 Å². The van der Waals surface area contributed by atoms with E-state index in [0.29, 0.717) is 24.2 Å². The smallest absolute Gasteiger partial charge is 0.251 e. The van der Waals surface area contributed by atoms with Gasteiger partial charge in [-0.15, -0.1) is 0 Å². The lowest BCUT2D eigenvalue weighted by Crippen LogP contribution is -2.26. The molecule has 0 radical (unpaired) electrons. The first kappa shape index (κ1) is 11.9. The summed E-state index contributed by atoms with van der Waals surface area (Å²) < 4.78 is 1.89. The summed E-state index contributed by atoms with van der Waals surface area (Å²) in [6.45, 7) is 1.22. The Morgan fingerprint density at radius 1 is 1.39 bits per heavy atom. The number of rotatable bonds is 4. The van der Waals surface area contributed by atoms with Gasteiger partial charge < -0.3 is 9.88 Å². The summed E-state index contributed by atoms with van der Waals surface area (Å²) in [7, 11) is 0. The van der Waals surface area contributed by atoms with Crippen molar-refractivity contribution in [1.82, 2.24) is 14.9 Å². The Kier molecular flexibility index (Phi) is 3.72. The molecule has 90 valence electrons. The summed E-state index contributed by atoms with van der Waals surface area (Å²) in [5.41, 5.74) is 1.10. The third-order valence-electron chi connectivity index (χ3n) is 2.49. The zero-order valence-corrected chi connectivity index (χ0v) is 9.71. The van der Waals surface area contributed by atoms with Crippen LogP contribution in [0.15, 0.2) is 43.0 Å². The first-order chi connectivity index (χ1) is 8.79. The number of amides is 1. The van der Waals surface area contributed by atoms with Crippen LogP contribution >= 0.6 is 0 Å². The van der Waals surface area contributed by atoms with E-state index in [-0.39, 0.29) is 5.91 Å². The molecule has 0 saturated heterocycles. The maximum absolute atomic E-state index is 11.8. The molecular formula is C13H12N4O. The highest BCUT2D eigenvalue weighted by atomic mass is 16.1. The number of nitriles is 1. The number of imidazole rings is 1. The van der Waals surface area contributed by atoms with Gasteiger partial charge in [-0.05, 0) is 24.3 Å². The second-order valence-electron chi connectivity index (χ2n) is 3.75. The predicted octanol–water partition coefficient (Wildman–Crippen LogP) is 1.18. The normalized spacial score (nSPS) is 9.72. The number of benzene rings is 1. The molecule has 0 atom stereocenters. The maximum atomic E-state index is 11.8. The van der Waals surface area contributed by atoms with Crippen LogP contribution < -0.4 is 5.32 Å². The standard InChI is InChI=1S/C13H12N4O/c14-9-11-1-3-12(4-2-11)13(18)16-6-8-17-7-5-15-10-17/h1-5,7,10H,6,8H2,(H,16,18). The molecule has 0 saturated carbocycles. The maximum Gasteiger partial charge on any atom is 0.251 e. The van der Waals surface area contributed by atoms with Gasteiger partial charge in [-0.25, -0.2) is 4.98 Å². The molecule has 1 heterocycles. The summed E-state index contributed by atoms with van der Waals surface area (Å²) in [6, 6.07) is 8.56. The Labute approximate surface area is 105 Å². The first-order valence-corrected chi connectivity index (χ1v) is 5.54. The fraction of sp³-hybridized carbons (Fsp3) is 0.154. The van der Waals surface area contributed by atoms with Crippen LogP contribution in [0.2, 0.25) is 0 Å². The van der Waals surface area contributed by atoms with Crippen molar-refractivity contribution in [2.24, 2.45) is 0 Å². The predicted molar refractivity (Wildman–Crippen MR) is 65.7 cm³/mol. The minimum absolute atomic E-state index is 0.139. The van der Waals surface area contributed by atoms with Crippen LogP contribution in [0.5, 0.6) is 0 Å². The van der Waals surface area contributed by atoms with Gasteiger partial charge in [0.15, 0.2) is 0 Å². The minimum Gasteiger partial charge on any atom is -0.350 e. The van der Waals surface area contributed by atoms with Crippen LogP contribution in [0.1, 0.15) is 15.9 Å². The van der Waals surface area contributed by atoms with Gasteiger partial charge in [-0.1, -0.05) is 0 Å². The number of nitrogens with one attached hydrogen (secondary N) is 1. The lowest BCUT2D eigenvalue weighted by Gasteiger charge is -2.05. The topological polar surface area (TPSA) is 70.7 Å². The van der Waals surface area contributed by atoms with Gasteiger partial charge in [0.2, 0.25) is 0 Å². The Morgan fingerprint density at radius 3 is 2.78 bits per heavy atom. The van der Waals surface area contributed by atoms with Crippen molar-refractivity contribution in [2.75, 3.05) is 6.54 Å². The molecule has 0 aliphatic rings. The molecule has 0 unspecified atom stereocenters.